The van der Waals surface area contributed by atoms with Gasteiger partial charge >= 0.3 is 5.22 Å². The number of thiophene rings is 1. The van der Waals surface area contributed by atoms with Gasteiger partial charge in [0, 0.05) is 5.69 Å². The van der Waals surface area contributed by atoms with Gasteiger partial charge in [-0.3, -0.25) is 0 Å². The molecule has 0 saturated heterocycles. The van der Waals surface area contributed by atoms with Crippen LogP contribution >= 0.6 is 11.3 Å². The van der Waals surface area contributed by atoms with E-state index in [1.165, 1.54) is 0 Å². The molecule has 0 bridgehead atoms. The van der Waals surface area contributed by atoms with Crippen molar-refractivity contribution in [1.29, 1.82) is 0 Å². The third-order valence-electron chi connectivity index (χ3n) is 2.90. The van der Waals surface area contributed by atoms with Crippen LogP contribution in [-0.2, 0) is 16.3 Å². The number of oxazole rings is 1. The van der Waals surface area contributed by atoms with E-state index in [4.69, 9.17) is 10.2 Å². The predicted octanol–water partition coefficient (Wildman–Crippen LogP) is 2.49. The SMILES string of the molecule is Nc1ccc2oc(S(=O)(=O)CCc3ccsc3)nc2c1. The number of rotatable bonds is 4. The molecule has 2 aromatic heterocycles. The summed E-state index contributed by atoms with van der Waals surface area (Å²) in [6.07, 6.45) is 0.451. The van der Waals surface area contributed by atoms with Gasteiger partial charge in [0.1, 0.15) is 5.52 Å². The maximum atomic E-state index is 12.2. The van der Waals surface area contributed by atoms with Crippen LogP contribution in [0.2, 0.25) is 0 Å². The summed E-state index contributed by atoms with van der Waals surface area (Å²) in [5, 5.41) is 3.61. The van der Waals surface area contributed by atoms with Gasteiger partial charge in [0.05, 0.1) is 5.75 Å². The van der Waals surface area contributed by atoms with Gasteiger partial charge in [-0.2, -0.15) is 16.3 Å². The number of sulfone groups is 1. The standard InChI is InChI=1S/C13H12N2O3S2/c14-10-1-2-12-11(7-10)15-13(18-12)20(16,17)6-4-9-3-5-19-8-9/h1-3,5,7-8H,4,6,14H2. The Morgan fingerprint density at radius 3 is 2.90 bits per heavy atom. The Kier molecular flexibility index (Phi) is 3.23. The molecule has 1 aromatic carbocycles. The highest BCUT2D eigenvalue weighted by atomic mass is 32.2. The van der Waals surface area contributed by atoms with Crippen molar-refractivity contribution in [2.75, 3.05) is 11.5 Å². The monoisotopic (exact) mass is 308 g/mol. The quantitative estimate of drug-likeness (QED) is 0.748. The predicted molar refractivity (Wildman–Crippen MR) is 78.5 cm³/mol. The zero-order valence-electron chi connectivity index (χ0n) is 10.4. The van der Waals surface area contributed by atoms with Crippen molar-refractivity contribution < 1.29 is 12.8 Å². The highest BCUT2D eigenvalue weighted by Crippen LogP contribution is 2.22. The van der Waals surface area contributed by atoms with E-state index in [-0.39, 0.29) is 11.0 Å². The molecule has 0 unspecified atom stereocenters. The van der Waals surface area contributed by atoms with Crippen molar-refractivity contribution >= 4 is 38.0 Å². The van der Waals surface area contributed by atoms with Gasteiger partial charge in [-0.1, -0.05) is 0 Å². The molecule has 3 aromatic rings. The fraction of sp³-hybridized carbons (Fsp3) is 0.154. The van der Waals surface area contributed by atoms with Crippen molar-refractivity contribution in [3.63, 3.8) is 0 Å². The fourth-order valence-corrected chi connectivity index (χ4v) is 3.67. The second-order valence-corrected chi connectivity index (χ2v) is 7.17. The molecule has 2 heterocycles. The lowest BCUT2D eigenvalue weighted by molar-refractivity contribution is 0.458. The molecule has 3 rings (SSSR count). The van der Waals surface area contributed by atoms with Crippen LogP contribution in [0.4, 0.5) is 5.69 Å². The first-order chi connectivity index (χ1) is 9.54. The van der Waals surface area contributed by atoms with E-state index in [0.717, 1.165) is 5.56 Å². The molecule has 0 radical (unpaired) electrons. The highest BCUT2D eigenvalue weighted by Gasteiger charge is 2.21. The van der Waals surface area contributed by atoms with Crippen molar-refractivity contribution in [2.24, 2.45) is 0 Å². The summed E-state index contributed by atoms with van der Waals surface area (Å²) in [6.45, 7) is 0. The Bertz CT molecular complexity index is 836. The van der Waals surface area contributed by atoms with Crippen molar-refractivity contribution in [3.8, 4) is 0 Å². The van der Waals surface area contributed by atoms with Crippen LogP contribution in [0.25, 0.3) is 11.1 Å². The molecule has 2 N–H and O–H groups in total. The van der Waals surface area contributed by atoms with Gasteiger partial charge in [0.15, 0.2) is 5.58 Å². The van der Waals surface area contributed by atoms with E-state index in [1.807, 2.05) is 16.8 Å². The van der Waals surface area contributed by atoms with Gasteiger partial charge in [-0.15, -0.1) is 0 Å². The van der Waals surface area contributed by atoms with Gasteiger partial charge in [0.2, 0.25) is 9.84 Å². The molecular weight excluding hydrogens is 296 g/mol. The Morgan fingerprint density at radius 1 is 1.30 bits per heavy atom. The molecule has 0 aliphatic rings. The summed E-state index contributed by atoms with van der Waals surface area (Å²) in [4.78, 5) is 4.01. The molecule has 0 fully saturated rings. The largest absolute Gasteiger partial charge is 0.428 e. The molecule has 0 aliphatic heterocycles. The summed E-state index contributed by atoms with van der Waals surface area (Å²) in [5.41, 5.74) is 8.04. The maximum absolute atomic E-state index is 12.2. The lowest BCUT2D eigenvalue weighted by atomic mass is 10.3. The number of nitrogen functional groups attached to an aromatic ring is 1. The average molecular weight is 308 g/mol. The molecule has 0 spiro atoms. The fourth-order valence-electron chi connectivity index (χ4n) is 1.83. The van der Waals surface area contributed by atoms with E-state index in [2.05, 4.69) is 4.98 Å². The molecule has 0 saturated carbocycles. The second-order valence-electron chi connectivity index (χ2n) is 4.41. The van der Waals surface area contributed by atoms with Crippen LogP contribution in [0.5, 0.6) is 0 Å². The van der Waals surface area contributed by atoms with Crippen LogP contribution < -0.4 is 5.73 Å². The lowest BCUT2D eigenvalue weighted by Crippen LogP contribution is -2.09. The first-order valence-corrected chi connectivity index (χ1v) is 8.54. The van der Waals surface area contributed by atoms with E-state index in [1.54, 1.807) is 29.5 Å². The second kappa shape index (κ2) is 4.92. The normalized spacial score (nSPS) is 12.0. The third-order valence-corrected chi connectivity index (χ3v) is 5.08. The van der Waals surface area contributed by atoms with E-state index >= 15 is 0 Å². The molecule has 7 heteroatoms. The Labute approximate surface area is 120 Å². The van der Waals surface area contributed by atoms with Gasteiger partial charge in [0.25, 0.3) is 0 Å². The Hall–Kier alpha value is -1.86. The smallest absolute Gasteiger partial charge is 0.316 e. The van der Waals surface area contributed by atoms with E-state index in [9.17, 15) is 8.42 Å². The third kappa shape index (κ3) is 2.54. The van der Waals surface area contributed by atoms with Gasteiger partial charge in [-0.05, 0) is 47.0 Å². The molecule has 0 atom stereocenters. The van der Waals surface area contributed by atoms with Crippen LogP contribution in [0.15, 0.2) is 44.7 Å². The highest BCUT2D eigenvalue weighted by molar-refractivity contribution is 7.91. The summed E-state index contributed by atoms with van der Waals surface area (Å²) in [7, 11) is -3.53. The molecule has 20 heavy (non-hydrogen) atoms. The number of nitrogens with two attached hydrogens (primary N) is 1. The number of aryl methyl sites for hydroxylation is 1. The minimum atomic E-state index is -3.53. The number of aromatic nitrogens is 1. The topological polar surface area (TPSA) is 86.2 Å². The number of anilines is 1. The van der Waals surface area contributed by atoms with E-state index < -0.39 is 9.84 Å². The summed E-state index contributed by atoms with van der Waals surface area (Å²) in [5.74, 6) is -0.0218. The molecule has 0 amide bonds. The Morgan fingerprint density at radius 2 is 2.15 bits per heavy atom. The zero-order chi connectivity index (χ0) is 14.2. The lowest BCUT2D eigenvalue weighted by Gasteiger charge is -1.97. The molecular formula is C13H12N2O3S2. The average Bonchev–Trinajstić information content (AvgIpc) is 3.05. The first-order valence-electron chi connectivity index (χ1n) is 5.94. The minimum absolute atomic E-state index is 0.0218. The van der Waals surface area contributed by atoms with Crippen molar-refractivity contribution in [1.82, 2.24) is 4.98 Å². The van der Waals surface area contributed by atoms with Crippen LogP contribution in [0.3, 0.4) is 0 Å². The van der Waals surface area contributed by atoms with Crippen LogP contribution in [-0.4, -0.2) is 19.2 Å². The van der Waals surface area contributed by atoms with Crippen LogP contribution in [0.1, 0.15) is 5.56 Å². The van der Waals surface area contributed by atoms with Crippen molar-refractivity contribution in [3.05, 3.63) is 40.6 Å². The molecule has 5 nitrogen and oxygen atoms in total. The zero-order valence-corrected chi connectivity index (χ0v) is 12.1. The number of fused-ring (bicyclic) bond motifs is 1. The number of hydrogen-bond donors (Lipinski definition) is 1. The summed E-state index contributed by atoms with van der Waals surface area (Å²) in [6, 6.07) is 6.77. The first kappa shape index (κ1) is 13.1. The minimum Gasteiger partial charge on any atom is -0.428 e. The van der Waals surface area contributed by atoms with E-state index in [0.29, 0.717) is 23.2 Å². The van der Waals surface area contributed by atoms with Gasteiger partial charge in [-0.25, -0.2) is 8.42 Å². The van der Waals surface area contributed by atoms with Gasteiger partial charge < -0.3 is 10.2 Å². The summed E-state index contributed by atoms with van der Waals surface area (Å²) < 4.78 is 29.7. The molecule has 0 aliphatic carbocycles. The number of hydrogen-bond acceptors (Lipinski definition) is 6. The number of benzene rings is 1. The molecule has 104 valence electrons. The number of nitrogens with zero attached hydrogens (tertiary/aromatic N) is 1. The van der Waals surface area contributed by atoms with Crippen LogP contribution in [0, 0.1) is 0 Å². The Balaban J connectivity index is 1.88. The maximum Gasteiger partial charge on any atom is 0.316 e. The van der Waals surface area contributed by atoms with Crippen molar-refractivity contribution in [2.45, 2.75) is 11.6 Å². The summed E-state index contributed by atoms with van der Waals surface area (Å²) >= 11 is 1.54.